The number of aryl methyl sites for hydroxylation is 1. The Bertz CT molecular complexity index is 296. The predicted molar refractivity (Wildman–Crippen MR) is 45.7 cm³/mol. The van der Waals surface area contributed by atoms with Crippen LogP contribution < -0.4 is 16.4 Å². The summed E-state index contributed by atoms with van der Waals surface area (Å²) in [6.45, 7) is 3.88. The summed E-state index contributed by atoms with van der Waals surface area (Å²) >= 11 is 1.50. The van der Waals surface area contributed by atoms with E-state index >= 15 is 0 Å². The van der Waals surface area contributed by atoms with Crippen molar-refractivity contribution in [1.29, 1.82) is 0 Å². The van der Waals surface area contributed by atoms with Crippen LogP contribution in [0.25, 0.3) is 0 Å². The van der Waals surface area contributed by atoms with Gasteiger partial charge in [-0.25, -0.2) is 0 Å². The highest BCUT2D eigenvalue weighted by atomic mass is 32.1. The van der Waals surface area contributed by atoms with Gasteiger partial charge in [-0.15, -0.1) is 11.3 Å². The zero-order chi connectivity index (χ0) is 8.43. The molecule has 0 amide bonds. The lowest BCUT2D eigenvalue weighted by atomic mass is 10.5. The highest BCUT2D eigenvalue weighted by Gasteiger charge is 2.03. The Morgan fingerprint density at radius 1 is 1.73 bits per heavy atom. The molecule has 0 aromatic carbocycles. The van der Waals surface area contributed by atoms with Crippen LogP contribution in [0, 0.1) is 6.92 Å². The van der Waals surface area contributed by atoms with Gasteiger partial charge < -0.3 is 16.1 Å². The fourth-order valence-corrected chi connectivity index (χ4v) is 1.86. The molecule has 5 heteroatoms. The second kappa shape index (κ2) is 3.06. The van der Waals surface area contributed by atoms with Crippen molar-refractivity contribution in [3.8, 4) is 0 Å². The molecule has 0 aliphatic heterocycles. The summed E-state index contributed by atoms with van der Waals surface area (Å²) in [6, 6.07) is 0. The average Bonchev–Trinajstić information content (AvgIpc) is 2.30. The molecule has 0 fully saturated rings. The fraction of sp³-hybridized carbons (Fsp3) is 0.500. The van der Waals surface area contributed by atoms with E-state index in [4.69, 9.17) is 11.6 Å². The van der Waals surface area contributed by atoms with E-state index < -0.39 is 0 Å². The van der Waals surface area contributed by atoms with Crippen LogP contribution >= 0.6 is 11.3 Å². The van der Waals surface area contributed by atoms with Crippen LogP contribution in [-0.4, -0.2) is 4.57 Å². The van der Waals surface area contributed by atoms with Gasteiger partial charge in [-0.1, -0.05) is 0 Å². The van der Waals surface area contributed by atoms with Crippen molar-refractivity contribution in [2.75, 3.05) is 0 Å². The third-order valence-electron chi connectivity index (χ3n) is 1.44. The molecule has 1 atom stereocenters. The van der Waals surface area contributed by atoms with Gasteiger partial charge in [-0.3, -0.25) is 0 Å². The topological polar surface area (TPSA) is 69.3 Å². The highest BCUT2D eigenvalue weighted by molar-refractivity contribution is 7.07. The lowest BCUT2D eigenvalue weighted by Gasteiger charge is -2.08. The van der Waals surface area contributed by atoms with E-state index in [0.29, 0.717) is 0 Å². The van der Waals surface area contributed by atoms with E-state index in [2.05, 4.69) is 5.10 Å². The Hall–Kier alpha value is -0.810. The number of nitrogens with two attached hydrogens (primary N) is 2. The molecule has 0 aliphatic carbocycles. The minimum absolute atomic E-state index is 0.0662. The van der Waals surface area contributed by atoms with E-state index in [-0.39, 0.29) is 6.17 Å². The maximum Gasteiger partial charge on any atom is 0.208 e. The molecule has 0 bridgehead atoms. The van der Waals surface area contributed by atoms with Crippen molar-refractivity contribution in [1.82, 2.24) is 4.57 Å². The van der Waals surface area contributed by atoms with Crippen LogP contribution in [0.15, 0.2) is 10.5 Å². The molecule has 1 unspecified atom stereocenters. The number of thiazole rings is 1. The Balaban J connectivity index is 3.30. The van der Waals surface area contributed by atoms with E-state index in [1.54, 1.807) is 0 Å². The third kappa shape index (κ3) is 1.44. The van der Waals surface area contributed by atoms with Gasteiger partial charge in [0.2, 0.25) is 4.80 Å². The molecule has 0 aliphatic rings. The van der Waals surface area contributed by atoms with E-state index in [1.807, 2.05) is 23.8 Å². The second-order valence-corrected chi connectivity index (χ2v) is 3.24. The quantitative estimate of drug-likeness (QED) is 0.466. The van der Waals surface area contributed by atoms with Crippen LogP contribution in [0.5, 0.6) is 0 Å². The molecule has 1 aromatic heterocycles. The molecule has 1 rings (SSSR count). The van der Waals surface area contributed by atoms with Crippen molar-refractivity contribution in [3.63, 3.8) is 0 Å². The first-order chi connectivity index (χ1) is 5.16. The summed E-state index contributed by atoms with van der Waals surface area (Å²) < 4.78 is 1.89. The van der Waals surface area contributed by atoms with Gasteiger partial charge in [0.1, 0.15) is 0 Å². The van der Waals surface area contributed by atoms with Gasteiger partial charge in [0, 0.05) is 11.1 Å². The summed E-state index contributed by atoms with van der Waals surface area (Å²) in [5.74, 6) is 5.16. The van der Waals surface area contributed by atoms with Crippen molar-refractivity contribution >= 4 is 11.3 Å². The maximum absolute atomic E-state index is 5.69. The standard InChI is InChI=1S/C6H12N4S/c1-4-3-11-6(9-8)10(4)5(2)7/h3,5H,7-8H2,1-2H3/b9-6-. The first-order valence-corrected chi connectivity index (χ1v) is 4.21. The maximum atomic E-state index is 5.69. The monoisotopic (exact) mass is 172 g/mol. The summed E-state index contributed by atoms with van der Waals surface area (Å²) in [7, 11) is 0. The smallest absolute Gasteiger partial charge is 0.208 e. The van der Waals surface area contributed by atoms with Gasteiger partial charge in [-0.05, 0) is 13.8 Å². The molecule has 1 heterocycles. The van der Waals surface area contributed by atoms with Crippen molar-refractivity contribution in [3.05, 3.63) is 15.9 Å². The number of hydrogen-bond acceptors (Lipinski definition) is 4. The molecular formula is C6H12N4S. The van der Waals surface area contributed by atoms with Crippen molar-refractivity contribution in [2.45, 2.75) is 20.0 Å². The Morgan fingerprint density at radius 3 is 2.73 bits per heavy atom. The van der Waals surface area contributed by atoms with Crippen molar-refractivity contribution in [2.24, 2.45) is 16.7 Å². The molecule has 0 spiro atoms. The van der Waals surface area contributed by atoms with Gasteiger partial charge in [0.05, 0.1) is 6.17 Å². The summed E-state index contributed by atoms with van der Waals surface area (Å²) in [5.41, 5.74) is 6.78. The molecule has 0 saturated carbocycles. The Kier molecular flexibility index (Phi) is 2.31. The first-order valence-electron chi connectivity index (χ1n) is 3.33. The van der Waals surface area contributed by atoms with Gasteiger partial charge >= 0.3 is 0 Å². The lowest BCUT2D eigenvalue weighted by Crippen LogP contribution is -2.26. The van der Waals surface area contributed by atoms with Crippen LogP contribution in [0.3, 0.4) is 0 Å². The third-order valence-corrected chi connectivity index (χ3v) is 2.41. The van der Waals surface area contributed by atoms with Crippen molar-refractivity contribution < 1.29 is 0 Å². The lowest BCUT2D eigenvalue weighted by molar-refractivity contribution is 0.541. The van der Waals surface area contributed by atoms with E-state index in [9.17, 15) is 0 Å². The van der Waals surface area contributed by atoms with Crippen LogP contribution in [0.1, 0.15) is 18.8 Å². The predicted octanol–water partition coefficient (Wildman–Crippen LogP) is 0.110. The number of aromatic nitrogens is 1. The zero-order valence-corrected chi connectivity index (χ0v) is 7.43. The molecule has 0 radical (unpaired) electrons. The Labute approximate surface area is 69.1 Å². The minimum Gasteiger partial charge on any atom is -0.320 e. The molecule has 4 nitrogen and oxygen atoms in total. The largest absolute Gasteiger partial charge is 0.320 e. The molecule has 1 aromatic rings. The van der Waals surface area contributed by atoms with Crippen LogP contribution in [0.2, 0.25) is 0 Å². The van der Waals surface area contributed by atoms with Gasteiger partial charge in [0.15, 0.2) is 0 Å². The average molecular weight is 172 g/mol. The molecule has 0 saturated heterocycles. The summed E-state index contributed by atoms with van der Waals surface area (Å²) in [6.07, 6.45) is -0.0662. The summed E-state index contributed by atoms with van der Waals surface area (Å²) in [4.78, 5) is 0.762. The summed E-state index contributed by atoms with van der Waals surface area (Å²) in [5, 5.41) is 5.60. The number of nitrogens with zero attached hydrogens (tertiary/aromatic N) is 2. The van der Waals surface area contributed by atoms with Crippen LogP contribution in [0.4, 0.5) is 0 Å². The number of hydrogen-bond donors (Lipinski definition) is 2. The first kappa shape index (κ1) is 8.29. The number of rotatable bonds is 1. The van der Waals surface area contributed by atoms with Crippen LogP contribution in [-0.2, 0) is 0 Å². The highest BCUT2D eigenvalue weighted by Crippen LogP contribution is 2.03. The second-order valence-electron chi connectivity index (χ2n) is 2.40. The zero-order valence-electron chi connectivity index (χ0n) is 6.61. The molecule has 62 valence electrons. The van der Waals surface area contributed by atoms with E-state index in [1.165, 1.54) is 11.3 Å². The normalized spacial score (nSPS) is 15.4. The Morgan fingerprint density at radius 2 is 2.36 bits per heavy atom. The van der Waals surface area contributed by atoms with Gasteiger partial charge in [0.25, 0.3) is 0 Å². The van der Waals surface area contributed by atoms with E-state index in [0.717, 1.165) is 10.5 Å². The minimum atomic E-state index is -0.0662. The molecular weight excluding hydrogens is 160 g/mol. The SMILES string of the molecule is Cc1cs/c(=N\N)n1C(C)N. The molecule has 11 heavy (non-hydrogen) atoms. The van der Waals surface area contributed by atoms with Gasteiger partial charge in [-0.2, -0.15) is 5.10 Å². The fourth-order valence-electron chi connectivity index (χ4n) is 0.990. The molecule has 4 N–H and O–H groups in total.